The van der Waals surface area contributed by atoms with Gasteiger partial charge in [0, 0.05) is 0 Å². The number of thiocarbonyl (C=S) groups is 1. The van der Waals surface area contributed by atoms with Crippen molar-refractivity contribution >= 4 is 34.7 Å². The Morgan fingerprint density at radius 3 is 2.00 bits per heavy atom. The van der Waals surface area contributed by atoms with Gasteiger partial charge in [0.1, 0.15) is 0 Å². The third-order valence-electron chi connectivity index (χ3n) is 1.85. The fourth-order valence-electron chi connectivity index (χ4n) is 1.11. The van der Waals surface area contributed by atoms with E-state index in [-0.39, 0.29) is 6.07 Å². The molecule has 0 atom stereocenters. The third kappa shape index (κ3) is 3.22. The predicted molar refractivity (Wildman–Crippen MR) is 56.1 cm³/mol. The predicted octanol–water partition coefficient (Wildman–Crippen LogP) is 5.11. The number of nitrogens with zero attached hydrogens (tertiary/aromatic N) is 1. The van der Waals surface area contributed by atoms with Gasteiger partial charge in [-0.1, -0.05) is 11.6 Å². The topological polar surface area (TPSA) is 12.4 Å². The molecule has 0 aromatic heterocycles. The van der Waals surface area contributed by atoms with Gasteiger partial charge in [-0.2, -0.15) is 31.3 Å². The Bertz CT molecular complexity index is 515. The number of rotatable bonds is 1. The minimum absolute atomic E-state index is 0.0786. The zero-order chi connectivity index (χ0) is 14.1. The zero-order valence-corrected chi connectivity index (χ0v) is 9.73. The minimum atomic E-state index is -5.02. The van der Waals surface area contributed by atoms with Crippen LogP contribution in [-0.2, 0) is 12.4 Å². The van der Waals surface area contributed by atoms with E-state index in [1.165, 1.54) is 0 Å². The summed E-state index contributed by atoms with van der Waals surface area (Å²) in [7, 11) is 0. The molecule has 0 radical (unpaired) electrons. The highest BCUT2D eigenvalue weighted by atomic mass is 35.5. The summed E-state index contributed by atoms with van der Waals surface area (Å²) in [5.41, 5.74) is -3.86. The SMILES string of the molecule is FC(F)(F)c1cc(N=C=S)c(Cl)c(C(F)(F)F)c1. The molecule has 18 heavy (non-hydrogen) atoms. The van der Waals surface area contributed by atoms with Crippen molar-refractivity contribution in [3.63, 3.8) is 0 Å². The number of aliphatic imine (C=N–C) groups is 1. The minimum Gasteiger partial charge on any atom is -0.193 e. The number of benzene rings is 1. The Hall–Kier alpha value is -1.11. The molecule has 0 aliphatic carbocycles. The first-order valence-corrected chi connectivity index (χ1v) is 4.92. The highest BCUT2D eigenvalue weighted by molar-refractivity contribution is 7.78. The number of hydrogen-bond acceptors (Lipinski definition) is 2. The summed E-state index contributed by atoms with van der Waals surface area (Å²) in [6, 6.07) is 0.293. The van der Waals surface area contributed by atoms with Crippen LogP contribution in [-0.4, -0.2) is 5.16 Å². The lowest BCUT2D eigenvalue weighted by molar-refractivity contribution is -0.142. The molecule has 0 aliphatic heterocycles. The molecule has 0 unspecified atom stereocenters. The Kier molecular flexibility index (Phi) is 4.05. The van der Waals surface area contributed by atoms with Gasteiger partial charge in [0.25, 0.3) is 0 Å². The zero-order valence-electron chi connectivity index (χ0n) is 8.16. The lowest BCUT2D eigenvalue weighted by Crippen LogP contribution is -2.11. The molecule has 98 valence electrons. The number of isothiocyanates is 1. The summed E-state index contributed by atoms with van der Waals surface area (Å²) >= 11 is 9.46. The maximum Gasteiger partial charge on any atom is 0.417 e. The first-order valence-electron chi connectivity index (χ1n) is 4.13. The second-order valence-electron chi connectivity index (χ2n) is 3.06. The molecule has 1 aromatic carbocycles. The Morgan fingerprint density at radius 2 is 1.61 bits per heavy atom. The van der Waals surface area contributed by atoms with Gasteiger partial charge >= 0.3 is 12.4 Å². The van der Waals surface area contributed by atoms with Crippen LogP contribution < -0.4 is 0 Å². The molecule has 0 spiro atoms. The molecular weight excluding hydrogens is 304 g/mol. The van der Waals surface area contributed by atoms with Crippen LogP contribution >= 0.6 is 23.8 Å². The molecule has 0 aliphatic rings. The van der Waals surface area contributed by atoms with Gasteiger partial charge in [0.05, 0.1) is 27.0 Å². The molecule has 0 heterocycles. The van der Waals surface area contributed by atoms with Crippen LogP contribution in [0.4, 0.5) is 32.0 Å². The first kappa shape index (κ1) is 14.9. The van der Waals surface area contributed by atoms with Gasteiger partial charge < -0.3 is 0 Å². The third-order valence-corrected chi connectivity index (χ3v) is 2.34. The Morgan fingerprint density at radius 1 is 1.06 bits per heavy atom. The number of alkyl halides is 6. The van der Waals surface area contributed by atoms with E-state index < -0.39 is 34.2 Å². The Labute approximate surface area is 107 Å². The molecule has 1 nitrogen and oxygen atoms in total. The van der Waals surface area contributed by atoms with Gasteiger partial charge in [-0.05, 0) is 24.4 Å². The second-order valence-corrected chi connectivity index (χ2v) is 3.62. The van der Waals surface area contributed by atoms with E-state index in [9.17, 15) is 26.3 Å². The monoisotopic (exact) mass is 305 g/mol. The van der Waals surface area contributed by atoms with Crippen molar-refractivity contribution < 1.29 is 26.3 Å². The molecule has 9 heteroatoms. The fourth-order valence-corrected chi connectivity index (χ4v) is 1.47. The van der Waals surface area contributed by atoms with E-state index in [2.05, 4.69) is 17.2 Å². The van der Waals surface area contributed by atoms with E-state index in [4.69, 9.17) is 11.6 Å². The highest BCUT2D eigenvalue weighted by Gasteiger charge is 2.39. The molecule has 0 bridgehead atoms. The summed E-state index contributed by atoms with van der Waals surface area (Å²) < 4.78 is 74.7. The van der Waals surface area contributed by atoms with Crippen molar-refractivity contribution in [2.24, 2.45) is 4.99 Å². The van der Waals surface area contributed by atoms with E-state index in [1.54, 1.807) is 5.16 Å². The van der Waals surface area contributed by atoms with Crippen molar-refractivity contribution in [3.8, 4) is 0 Å². The average Bonchev–Trinajstić information content (AvgIpc) is 2.17. The number of halogens is 7. The molecule has 0 saturated carbocycles. The average molecular weight is 306 g/mol. The largest absolute Gasteiger partial charge is 0.417 e. The summed E-state index contributed by atoms with van der Waals surface area (Å²) in [6.07, 6.45) is -9.97. The van der Waals surface area contributed by atoms with Crippen LogP contribution in [0, 0.1) is 0 Å². The van der Waals surface area contributed by atoms with E-state index in [0.29, 0.717) is 6.07 Å². The summed E-state index contributed by atoms with van der Waals surface area (Å²) in [4.78, 5) is 3.09. The van der Waals surface area contributed by atoms with Gasteiger partial charge in [-0.3, -0.25) is 0 Å². The number of hydrogen-bond donors (Lipinski definition) is 0. The van der Waals surface area contributed by atoms with Crippen molar-refractivity contribution in [3.05, 3.63) is 28.3 Å². The van der Waals surface area contributed by atoms with Crippen molar-refractivity contribution in [2.45, 2.75) is 12.4 Å². The molecule has 0 saturated heterocycles. The van der Waals surface area contributed by atoms with Crippen LogP contribution in [0.15, 0.2) is 17.1 Å². The molecular formula is C9H2ClF6NS. The lowest BCUT2D eigenvalue weighted by Gasteiger charge is -2.14. The van der Waals surface area contributed by atoms with Gasteiger partial charge in [-0.15, -0.1) is 0 Å². The van der Waals surface area contributed by atoms with E-state index in [1.807, 2.05) is 0 Å². The molecule has 0 N–H and O–H groups in total. The maximum atomic E-state index is 12.5. The van der Waals surface area contributed by atoms with E-state index in [0.717, 1.165) is 0 Å². The molecule has 0 fully saturated rings. The summed E-state index contributed by atoms with van der Waals surface area (Å²) in [6.45, 7) is 0. The van der Waals surface area contributed by atoms with Gasteiger partial charge in [0.15, 0.2) is 0 Å². The smallest absolute Gasteiger partial charge is 0.193 e. The first-order chi connectivity index (χ1) is 8.07. The van der Waals surface area contributed by atoms with Gasteiger partial charge in [-0.25, -0.2) is 0 Å². The van der Waals surface area contributed by atoms with E-state index >= 15 is 0 Å². The summed E-state index contributed by atoms with van der Waals surface area (Å²) in [5, 5.41) is 0.720. The quantitative estimate of drug-likeness (QED) is 0.399. The second kappa shape index (κ2) is 4.87. The standard InChI is InChI=1S/C9H2ClF6NS/c10-7-5(9(14,15)16)1-4(8(11,12)13)2-6(7)17-3-18/h1-2H. The lowest BCUT2D eigenvalue weighted by atomic mass is 10.1. The van der Waals surface area contributed by atoms with Crippen molar-refractivity contribution in [2.75, 3.05) is 0 Å². The van der Waals surface area contributed by atoms with Crippen LogP contribution in [0.25, 0.3) is 0 Å². The molecule has 1 aromatic rings. The van der Waals surface area contributed by atoms with Crippen molar-refractivity contribution in [1.29, 1.82) is 0 Å². The van der Waals surface area contributed by atoms with Crippen LogP contribution in [0.5, 0.6) is 0 Å². The molecule has 1 rings (SSSR count). The summed E-state index contributed by atoms with van der Waals surface area (Å²) in [5.74, 6) is 0. The van der Waals surface area contributed by atoms with Gasteiger partial charge in [0.2, 0.25) is 0 Å². The Balaban J connectivity index is 3.62. The van der Waals surface area contributed by atoms with Crippen molar-refractivity contribution in [1.82, 2.24) is 0 Å². The van der Waals surface area contributed by atoms with Crippen LogP contribution in [0.2, 0.25) is 5.02 Å². The maximum absolute atomic E-state index is 12.5. The molecule has 0 amide bonds. The fraction of sp³-hybridized carbons (Fsp3) is 0.222. The highest BCUT2D eigenvalue weighted by Crippen LogP contribution is 2.43. The normalized spacial score (nSPS) is 12.2. The van der Waals surface area contributed by atoms with Crippen LogP contribution in [0.1, 0.15) is 11.1 Å². The van der Waals surface area contributed by atoms with Crippen LogP contribution in [0.3, 0.4) is 0 Å².